The molecule has 0 aromatic heterocycles. The lowest BCUT2D eigenvalue weighted by molar-refractivity contribution is -0.137. The molecule has 0 bridgehead atoms. The van der Waals surface area contributed by atoms with Crippen LogP contribution >= 0.6 is 38.5 Å². The number of aliphatic carboxylic acids is 1. The third-order valence-electron chi connectivity index (χ3n) is 2.05. The lowest BCUT2D eigenvalue weighted by Crippen LogP contribution is -2.36. The maximum Gasteiger partial charge on any atom is 0.323 e. The number of carbonyl (C=O) groups is 2. The molecular weight excluding hydrogens is 413 g/mol. The molecule has 0 saturated heterocycles. The minimum Gasteiger partial charge on any atom is -0.480 e. The van der Waals surface area contributed by atoms with Crippen LogP contribution in [-0.4, -0.2) is 35.0 Å². The van der Waals surface area contributed by atoms with Gasteiger partial charge in [0, 0.05) is 8.04 Å². The number of carboxylic acids is 1. The van der Waals surface area contributed by atoms with Gasteiger partial charge in [0.25, 0.3) is 5.91 Å². The lowest BCUT2D eigenvalue weighted by atomic mass is 10.2. The number of nitrogens with zero attached hydrogens (tertiary/aromatic N) is 1. The van der Waals surface area contributed by atoms with Crippen LogP contribution in [0.2, 0.25) is 0 Å². The second-order valence-electron chi connectivity index (χ2n) is 3.38. The molecule has 4 nitrogen and oxygen atoms in total. The van der Waals surface area contributed by atoms with Crippen molar-refractivity contribution in [2.45, 2.75) is 0 Å². The van der Waals surface area contributed by atoms with Crippen molar-refractivity contribution in [2.24, 2.45) is 0 Å². The Labute approximate surface area is 127 Å². The van der Waals surface area contributed by atoms with E-state index in [1.54, 1.807) is 12.1 Å². The molecule has 0 fully saturated rings. The molecule has 18 heavy (non-hydrogen) atoms. The SMILES string of the molecule is C#CCN(CC(=O)O)C(=O)c1cc(I)ccc1Br. The Bertz CT molecular complexity index is 525. The topological polar surface area (TPSA) is 57.6 Å². The highest BCUT2D eigenvalue weighted by Gasteiger charge is 2.20. The third-order valence-corrected chi connectivity index (χ3v) is 3.42. The molecule has 1 amide bonds. The molecule has 1 aromatic carbocycles. The number of hydrogen-bond donors (Lipinski definition) is 1. The molecule has 0 spiro atoms. The fourth-order valence-corrected chi connectivity index (χ4v) is 2.21. The van der Waals surface area contributed by atoms with Crippen molar-refractivity contribution in [2.75, 3.05) is 13.1 Å². The van der Waals surface area contributed by atoms with E-state index < -0.39 is 18.4 Å². The van der Waals surface area contributed by atoms with Crippen molar-refractivity contribution >= 4 is 50.4 Å². The predicted octanol–water partition coefficient (Wildman–Crippen LogP) is 2.21. The maximum atomic E-state index is 12.2. The van der Waals surface area contributed by atoms with E-state index in [-0.39, 0.29) is 6.54 Å². The Morgan fingerprint density at radius 3 is 2.72 bits per heavy atom. The first kappa shape index (κ1) is 15.0. The van der Waals surface area contributed by atoms with Gasteiger partial charge in [-0.25, -0.2) is 0 Å². The molecule has 0 aliphatic carbocycles. The van der Waals surface area contributed by atoms with E-state index in [0.29, 0.717) is 10.0 Å². The number of carboxylic acid groups (broad SMARTS) is 1. The third kappa shape index (κ3) is 3.99. The monoisotopic (exact) mass is 421 g/mol. The zero-order chi connectivity index (χ0) is 13.7. The van der Waals surface area contributed by atoms with Gasteiger partial charge >= 0.3 is 5.97 Å². The van der Waals surface area contributed by atoms with Gasteiger partial charge in [-0.05, 0) is 56.7 Å². The van der Waals surface area contributed by atoms with E-state index in [1.807, 2.05) is 6.07 Å². The number of halogens is 2. The molecule has 94 valence electrons. The normalized spacial score (nSPS) is 9.61. The molecule has 0 radical (unpaired) electrons. The minimum absolute atomic E-state index is 0.0386. The van der Waals surface area contributed by atoms with Gasteiger partial charge in [0.2, 0.25) is 0 Å². The van der Waals surface area contributed by atoms with E-state index in [1.165, 1.54) is 0 Å². The van der Waals surface area contributed by atoms with Crippen LogP contribution in [0.3, 0.4) is 0 Å². The summed E-state index contributed by atoms with van der Waals surface area (Å²) < 4.78 is 1.50. The van der Waals surface area contributed by atoms with E-state index in [0.717, 1.165) is 8.47 Å². The van der Waals surface area contributed by atoms with Gasteiger partial charge in [0.1, 0.15) is 6.54 Å². The van der Waals surface area contributed by atoms with E-state index in [2.05, 4.69) is 44.4 Å². The van der Waals surface area contributed by atoms with Crippen LogP contribution in [0.15, 0.2) is 22.7 Å². The van der Waals surface area contributed by atoms with E-state index in [4.69, 9.17) is 11.5 Å². The lowest BCUT2D eigenvalue weighted by Gasteiger charge is -2.18. The van der Waals surface area contributed by atoms with Crippen LogP contribution in [0.5, 0.6) is 0 Å². The van der Waals surface area contributed by atoms with Crippen LogP contribution in [0.1, 0.15) is 10.4 Å². The fraction of sp³-hybridized carbons (Fsp3) is 0.167. The maximum absolute atomic E-state index is 12.2. The molecule has 1 rings (SSSR count). The average molecular weight is 422 g/mol. The standard InChI is InChI=1S/C12H9BrINO3/c1-2-5-15(7-11(16)17)12(18)9-6-8(14)3-4-10(9)13/h1,3-4,6H,5,7H2,(H,16,17). The van der Waals surface area contributed by atoms with E-state index in [9.17, 15) is 9.59 Å². The van der Waals surface area contributed by atoms with Gasteiger partial charge in [0.05, 0.1) is 12.1 Å². The van der Waals surface area contributed by atoms with Crippen LogP contribution in [0.25, 0.3) is 0 Å². The van der Waals surface area contributed by atoms with Crippen molar-refractivity contribution in [3.05, 3.63) is 31.8 Å². The summed E-state index contributed by atoms with van der Waals surface area (Å²) in [7, 11) is 0. The van der Waals surface area contributed by atoms with Crippen molar-refractivity contribution in [1.82, 2.24) is 4.90 Å². The average Bonchev–Trinajstić information content (AvgIpc) is 2.30. The molecule has 1 aromatic rings. The van der Waals surface area contributed by atoms with Crippen molar-refractivity contribution in [1.29, 1.82) is 0 Å². The minimum atomic E-state index is -1.10. The number of rotatable bonds is 4. The summed E-state index contributed by atoms with van der Waals surface area (Å²) >= 11 is 5.34. The molecule has 0 aliphatic rings. The Balaban J connectivity index is 3.05. The van der Waals surface area contributed by atoms with Gasteiger partial charge in [0.15, 0.2) is 0 Å². The number of hydrogen-bond acceptors (Lipinski definition) is 2. The molecule has 1 N–H and O–H groups in total. The molecule has 0 aliphatic heterocycles. The highest BCUT2D eigenvalue weighted by Crippen LogP contribution is 2.21. The van der Waals surface area contributed by atoms with Crippen molar-refractivity contribution < 1.29 is 14.7 Å². The number of carbonyl (C=O) groups excluding carboxylic acids is 1. The second kappa shape index (κ2) is 6.75. The summed E-state index contributed by atoms with van der Waals surface area (Å²) in [6.45, 7) is -0.454. The van der Waals surface area contributed by atoms with Crippen molar-refractivity contribution in [3.63, 3.8) is 0 Å². The largest absolute Gasteiger partial charge is 0.480 e. The van der Waals surface area contributed by atoms with Crippen LogP contribution in [0, 0.1) is 15.9 Å². The molecular formula is C12H9BrINO3. The van der Waals surface area contributed by atoms with Crippen LogP contribution in [0.4, 0.5) is 0 Å². The van der Waals surface area contributed by atoms with Gasteiger partial charge < -0.3 is 10.0 Å². The first-order chi connectivity index (χ1) is 8.45. The predicted molar refractivity (Wildman–Crippen MR) is 79.2 cm³/mol. The molecule has 0 heterocycles. The summed E-state index contributed by atoms with van der Waals surface area (Å²) in [4.78, 5) is 24.0. The van der Waals surface area contributed by atoms with Gasteiger partial charge in [-0.3, -0.25) is 9.59 Å². The Kier molecular flexibility index (Phi) is 5.62. The summed E-state index contributed by atoms with van der Waals surface area (Å²) in [5.74, 6) is 0.783. The Morgan fingerprint density at radius 1 is 1.50 bits per heavy atom. The molecule has 0 unspecified atom stereocenters. The Hall–Kier alpha value is -1.07. The highest BCUT2D eigenvalue weighted by atomic mass is 127. The smallest absolute Gasteiger partial charge is 0.323 e. The first-order valence-electron chi connectivity index (χ1n) is 4.85. The van der Waals surface area contributed by atoms with Crippen LogP contribution in [-0.2, 0) is 4.79 Å². The summed E-state index contributed by atoms with van der Waals surface area (Å²) in [6, 6.07) is 5.26. The number of benzene rings is 1. The van der Waals surface area contributed by atoms with Crippen LogP contribution < -0.4 is 0 Å². The number of amides is 1. The zero-order valence-electron chi connectivity index (χ0n) is 9.19. The van der Waals surface area contributed by atoms with Crippen molar-refractivity contribution in [3.8, 4) is 12.3 Å². The highest BCUT2D eigenvalue weighted by molar-refractivity contribution is 14.1. The first-order valence-corrected chi connectivity index (χ1v) is 6.72. The van der Waals surface area contributed by atoms with Gasteiger partial charge in [-0.2, -0.15) is 0 Å². The fourth-order valence-electron chi connectivity index (χ4n) is 1.30. The molecule has 0 saturated carbocycles. The van der Waals surface area contributed by atoms with E-state index >= 15 is 0 Å². The quantitative estimate of drug-likeness (QED) is 0.599. The molecule has 0 atom stereocenters. The summed E-state index contributed by atoms with van der Waals surface area (Å²) in [6.07, 6.45) is 5.14. The Morgan fingerprint density at radius 2 is 2.17 bits per heavy atom. The van der Waals surface area contributed by atoms with Gasteiger partial charge in [-0.15, -0.1) is 6.42 Å². The number of terminal acetylenes is 1. The molecule has 6 heteroatoms. The zero-order valence-corrected chi connectivity index (χ0v) is 12.9. The summed E-state index contributed by atoms with van der Waals surface area (Å²) in [5, 5.41) is 8.75. The van der Waals surface area contributed by atoms with Gasteiger partial charge in [-0.1, -0.05) is 5.92 Å². The summed E-state index contributed by atoms with van der Waals surface area (Å²) in [5.41, 5.74) is 0.401. The second-order valence-corrected chi connectivity index (χ2v) is 5.48.